The van der Waals surface area contributed by atoms with Crippen LogP contribution in [0.4, 0.5) is 14.5 Å². The third-order valence-electron chi connectivity index (χ3n) is 5.66. The first-order valence-electron chi connectivity index (χ1n) is 11.1. The van der Waals surface area contributed by atoms with Crippen LogP contribution in [0.25, 0.3) is 5.76 Å². The van der Waals surface area contributed by atoms with Crippen LogP contribution in [0.2, 0.25) is 0 Å². The zero-order chi connectivity index (χ0) is 25.4. The molecule has 6 nitrogen and oxygen atoms in total. The van der Waals surface area contributed by atoms with E-state index in [2.05, 4.69) is 0 Å². The van der Waals surface area contributed by atoms with Crippen LogP contribution in [0, 0.1) is 31.4 Å². The van der Waals surface area contributed by atoms with Crippen molar-refractivity contribution in [1.29, 1.82) is 0 Å². The number of halogens is 2. The summed E-state index contributed by atoms with van der Waals surface area (Å²) in [7, 11) is 0. The van der Waals surface area contributed by atoms with Crippen molar-refractivity contribution in [3.8, 4) is 5.75 Å². The van der Waals surface area contributed by atoms with Crippen molar-refractivity contribution in [3.05, 3.63) is 88.4 Å². The van der Waals surface area contributed by atoms with Gasteiger partial charge in [-0.25, -0.2) is 8.78 Å². The zero-order valence-electron chi connectivity index (χ0n) is 19.8. The molecule has 1 saturated heterocycles. The van der Waals surface area contributed by atoms with E-state index >= 15 is 0 Å². The minimum Gasteiger partial charge on any atom is -0.507 e. The maximum atomic E-state index is 14.7. The lowest BCUT2D eigenvalue weighted by Crippen LogP contribution is -2.30. The number of benzene rings is 2. The van der Waals surface area contributed by atoms with Gasteiger partial charge in [0.1, 0.15) is 40.7 Å². The van der Waals surface area contributed by atoms with E-state index in [1.807, 2.05) is 13.8 Å². The molecule has 0 aliphatic carbocycles. The number of hydrogen-bond donors (Lipinski definition) is 1. The molecule has 1 aliphatic rings. The highest BCUT2D eigenvalue weighted by atomic mass is 19.1. The first-order chi connectivity index (χ1) is 16.6. The molecule has 1 N–H and O–H groups in total. The molecular formula is C27H25F2NO5. The standard InChI is InChI=1S/C27H25F2NO5/c1-14(2)13-34-21-10-6-17(11-15(21)3)25(31)23-24(22-9-5-16(4)35-22)30(27(33)26(23)32)20-8-7-18(28)12-19(20)29/h5-12,14,24,31H,13H2,1-4H3/b25-23-. The summed E-state index contributed by atoms with van der Waals surface area (Å²) in [6.07, 6.45) is 0. The molecule has 4 rings (SSSR count). The van der Waals surface area contributed by atoms with Gasteiger partial charge in [-0.05, 0) is 67.8 Å². The number of nitrogens with zero attached hydrogens (tertiary/aromatic N) is 1. The quantitative estimate of drug-likeness (QED) is 0.272. The number of ether oxygens (including phenoxy) is 1. The fourth-order valence-corrected chi connectivity index (χ4v) is 4.00. The van der Waals surface area contributed by atoms with Gasteiger partial charge in [0, 0.05) is 11.6 Å². The van der Waals surface area contributed by atoms with Crippen LogP contribution in [-0.2, 0) is 9.59 Å². The number of aliphatic hydroxyl groups excluding tert-OH is 1. The van der Waals surface area contributed by atoms with E-state index < -0.39 is 35.1 Å². The third-order valence-corrected chi connectivity index (χ3v) is 5.66. The predicted octanol–water partition coefficient (Wildman–Crippen LogP) is 5.84. The molecule has 35 heavy (non-hydrogen) atoms. The van der Waals surface area contributed by atoms with Gasteiger partial charge < -0.3 is 14.3 Å². The Bertz CT molecular complexity index is 1340. The smallest absolute Gasteiger partial charge is 0.300 e. The van der Waals surface area contributed by atoms with Crippen LogP contribution < -0.4 is 9.64 Å². The minimum absolute atomic E-state index is 0.153. The van der Waals surface area contributed by atoms with Gasteiger partial charge in [-0.1, -0.05) is 13.8 Å². The van der Waals surface area contributed by atoms with Gasteiger partial charge in [-0.2, -0.15) is 0 Å². The summed E-state index contributed by atoms with van der Waals surface area (Å²) in [5.74, 6) is -2.78. The molecule has 1 aliphatic heterocycles. The minimum atomic E-state index is -1.25. The van der Waals surface area contributed by atoms with Crippen LogP contribution in [-0.4, -0.2) is 23.4 Å². The van der Waals surface area contributed by atoms with Crippen molar-refractivity contribution in [2.24, 2.45) is 5.92 Å². The van der Waals surface area contributed by atoms with Crippen LogP contribution in [0.15, 0.2) is 58.5 Å². The van der Waals surface area contributed by atoms with E-state index in [1.165, 1.54) is 0 Å². The van der Waals surface area contributed by atoms with Crippen LogP contribution in [0.3, 0.4) is 0 Å². The second kappa shape index (κ2) is 9.37. The van der Waals surface area contributed by atoms with Gasteiger partial charge in [-0.15, -0.1) is 0 Å². The molecule has 0 saturated carbocycles. The Hall–Kier alpha value is -3.94. The average Bonchev–Trinajstić information content (AvgIpc) is 3.33. The molecule has 1 fully saturated rings. The van der Waals surface area contributed by atoms with Gasteiger partial charge in [0.25, 0.3) is 11.7 Å². The number of Topliss-reactive ketones (excluding diaryl/α,β-unsaturated/α-hetero) is 1. The van der Waals surface area contributed by atoms with Crippen molar-refractivity contribution < 1.29 is 32.6 Å². The van der Waals surface area contributed by atoms with E-state index in [-0.39, 0.29) is 22.6 Å². The largest absolute Gasteiger partial charge is 0.507 e. The molecule has 1 atom stereocenters. The molecule has 0 radical (unpaired) electrons. The average molecular weight is 481 g/mol. The van der Waals surface area contributed by atoms with Crippen molar-refractivity contribution in [2.45, 2.75) is 33.7 Å². The number of aryl methyl sites for hydroxylation is 2. The highest BCUT2D eigenvalue weighted by molar-refractivity contribution is 6.51. The normalized spacial score (nSPS) is 17.5. The third kappa shape index (κ3) is 4.56. The summed E-state index contributed by atoms with van der Waals surface area (Å²) >= 11 is 0. The number of ketones is 1. The first-order valence-corrected chi connectivity index (χ1v) is 11.1. The summed E-state index contributed by atoms with van der Waals surface area (Å²) in [4.78, 5) is 27.1. The first kappa shape index (κ1) is 24.2. The molecule has 3 aromatic rings. The van der Waals surface area contributed by atoms with Crippen molar-refractivity contribution in [1.82, 2.24) is 0 Å². The lowest BCUT2D eigenvalue weighted by atomic mass is 9.98. The Morgan fingerprint density at radius 3 is 2.43 bits per heavy atom. The van der Waals surface area contributed by atoms with Crippen molar-refractivity contribution in [3.63, 3.8) is 0 Å². The van der Waals surface area contributed by atoms with Gasteiger partial charge >= 0.3 is 0 Å². The molecule has 1 amide bonds. The summed E-state index contributed by atoms with van der Waals surface area (Å²) in [5.41, 5.74) is 0.438. The lowest BCUT2D eigenvalue weighted by molar-refractivity contribution is -0.132. The monoisotopic (exact) mass is 481 g/mol. The Kier molecular flexibility index (Phi) is 6.47. The number of hydrogen-bond acceptors (Lipinski definition) is 5. The molecule has 182 valence electrons. The van der Waals surface area contributed by atoms with Crippen molar-refractivity contribution >= 4 is 23.1 Å². The Labute approximate surface area is 201 Å². The Balaban J connectivity index is 1.85. The van der Waals surface area contributed by atoms with Gasteiger partial charge in [0.15, 0.2) is 0 Å². The molecule has 8 heteroatoms. The molecule has 1 aromatic heterocycles. The topological polar surface area (TPSA) is 80.0 Å². The molecule has 2 aromatic carbocycles. The number of anilines is 1. The molecule has 0 bridgehead atoms. The highest BCUT2D eigenvalue weighted by Crippen LogP contribution is 2.43. The predicted molar refractivity (Wildman–Crippen MR) is 126 cm³/mol. The van der Waals surface area contributed by atoms with Gasteiger partial charge in [-0.3, -0.25) is 14.5 Å². The van der Waals surface area contributed by atoms with E-state index in [0.717, 1.165) is 22.6 Å². The van der Waals surface area contributed by atoms with E-state index in [9.17, 15) is 23.5 Å². The van der Waals surface area contributed by atoms with E-state index in [1.54, 1.807) is 44.2 Å². The SMILES string of the molecule is Cc1ccc(C2/C(=C(/O)c3ccc(OCC(C)C)c(C)c3)C(=O)C(=O)N2c2ccc(F)cc2F)o1. The molecule has 1 unspecified atom stereocenters. The number of carbonyl (C=O) groups excluding carboxylic acids is 2. The molecule has 2 heterocycles. The van der Waals surface area contributed by atoms with E-state index in [4.69, 9.17) is 9.15 Å². The maximum Gasteiger partial charge on any atom is 0.300 e. The summed E-state index contributed by atoms with van der Waals surface area (Å²) in [6, 6.07) is 9.50. The Morgan fingerprint density at radius 1 is 1.09 bits per heavy atom. The van der Waals surface area contributed by atoms with Gasteiger partial charge in [0.2, 0.25) is 0 Å². The summed E-state index contributed by atoms with van der Waals surface area (Å²) in [5, 5.41) is 11.2. The number of amides is 1. The van der Waals surface area contributed by atoms with Crippen LogP contribution in [0.1, 0.15) is 42.5 Å². The second-order valence-corrected chi connectivity index (χ2v) is 8.90. The Morgan fingerprint density at radius 2 is 1.83 bits per heavy atom. The summed E-state index contributed by atoms with van der Waals surface area (Å²) in [6.45, 7) is 8.03. The van der Waals surface area contributed by atoms with Crippen LogP contribution in [0.5, 0.6) is 5.75 Å². The van der Waals surface area contributed by atoms with Gasteiger partial charge in [0.05, 0.1) is 17.9 Å². The number of rotatable bonds is 6. The van der Waals surface area contributed by atoms with E-state index in [0.29, 0.717) is 30.1 Å². The fourth-order valence-electron chi connectivity index (χ4n) is 4.00. The number of furan rings is 1. The highest BCUT2D eigenvalue weighted by Gasteiger charge is 2.49. The van der Waals surface area contributed by atoms with Crippen LogP contribution >= 0.6 is 0 Å². The fraction of sp³-hybridized carbons (Fsp3) is 0.259. The summed E-state index contributed by atoms with van der Waals surface area (Å²) < 4.78 is 39.7. The maximum absolute atomic E-state index is 14.7. The zero-order valence-corrected chi connectivity index (χ0v) is 19.8. The second-order valence-electron chi connectivity index (χ2n) is 8.90. The molecular weight excluding hydrogens is 456 g/mol. The molecule has 0 spiro atoms. The van der Waals surface area contributed by atoms with Crippen molar-refractivity contribution in [2.75, 3.05) is 11.5 Å². The number of carbonyl (C=O) groups is 2. The number of aliphatic hydroxyl groups is 1. The lowest BCUT2D eigenvalue weighted by Gasteiger charge is -2.24.